The molecule has 2 aromatic rings. The summed E-state index contributed by atoms with van der Waals surface area (Å²) in [6.07, 6.45) is 9.76. The van der Waals surface area contributed by atoms with E-state index in [1.165, 1.54) is 25.6 Å². The first-order chi connectivity index (χ1) is 10.8. The lowest BCUT2D eigenvalue weighted by Gasteiger charge is -2.20. The number of aromatic nitrogens is 4. The lowest BCUT2D eigenvalue weighted by atomic mass is 9.88. The topological polar surface area (TPSA) is 72.7 Å². The van der Waals surface area contributed by atoms with Crippen LogP contribution in [0.3, 0.4) is 0 Å². The van der Waals surface area contributed by atoms with E-state index in [0.717, 1.165) is 23.7 Å². The third kappa shape index (κ3) is 2.49. The highest BCUT2D eigenvalue weighted by Crippen LogP contribution is 2.48. The van der Waals surface area contributed by atoms with Crippen molar-refractivity contribution in [2.24, 2.45) is 17.8 Å². The first-order valence-corrected chi connectivity index (χ1v) is 7.87. The lowest BCUT2D eigenvalue weighted by Crippen LogP contribution is -2.33. The zero-order valence-corrected chi connectivity index (χ0v) is 12.4. The molecule has 2 saturated carbocycles. The van der Waals surface area contributed by atoms with E-state index in [2.05, 4.69) is 20.4 Å². The van der Waals surface area contributed by atoms with Crippen molar-refractivity contribution >= 4 is 5.91 Å². The van der Waals surface area contributed by atoms with Crippen molar-refractivity contribution in [2.75, 3.05) is 0 Å². The van der Waals surface area contributed by atoms with Gasteiger partial charge >= 0.3 is 0 Å². The summed E-state index contributed by atoms with van der Waals surface area (Å²) in [5, 5.41) is 7.10. The van der Waals surface area contributed by atoms with Crippen LogP contribution in [0.5, 0.6) is 0 Å². The maximum absolute atomic E-state index is 12.3. The number of hydrogen-bond donors (Lipinski definition) is 1. The number of carbonyl (C=O) groups is 1. The molecule has 2 bridgehead atoms. The number of fused-ring (bicyclic) bond motifs is 2. The van der Waals surface area contributed by atoms with Crippen molar-refractivity contribution < 1.29 is 4.79 Å². The summed E-state index contributed by atoms with van der Waals surface area (Å²) in [6, 6.07) is 3.85. The second-order valence-electron chi connectivity index (χ2n) is 6.36. The van der Waals surface area contributed by atoms with Crippen molar-refractivity contribution in [3.05, 3.63) is 36.5 Å². The zero-order valence-electron chi connectivity index (χ0n) is 12.4. The standard InChI is InChI=1S/C16H19N5O/c22-16(14-6-11-1-3-13(14)5-11)19-8-12-2-4-15(18-7-12)21-10-17-9-20-21/h2,4,7,9-11,13-14H,1,3,5-6,8H2,(H,19,22)/t11-,13-,14-/m0/s1. The molecular weight excluding hydrogens is 278 g/mol. The van der Waals surface area contributed by atoms with E-state index in [-0.39, 0.29) is 11.8 Å². The molecule has 0 unspecified atom stereocenters. The van der Waals surface area contributed by atoms with Crippen LogP contribution < -0.4 is 5.32 Å². The fourth-order valence-corrected chi connectivity index (χ4v) is 3.87. The summed E-state index contributed by atoms with van der Waals surface area (Å²) in [5.74, 6) is 2.59. The highest BCUT2D eigenvalue weighted by Gasteiger charge is 2.42. The Hall–Kier alpha value is -2.24. The largest absolute Gasteiger partial charge is 0.352 e. The average Bonchev–Trinajstić information content (AvgIpc) is 3.29. The van der Waals surface area contributed by atoms with E-state index in [4.69, 9.17) is 0 Å². The van der Waals surface area contributed by atoms with Crippen LogP contribution in [-0.4, -0.2) is 25.7 Å². The molecule has 0 radical (unpaired) electrons. The number of rotatable bonds is 4. The van der Waals surface area contributed by atoms with Crippen molar-refractivity contribution in [3.63, 3.8) is 0 Å². The van der Waals surface area contributed by atoms with Gasteiger partial charge < -0.3 is 5.32 Å². The summed E-state index contributed by atoms with van der Waals surface area (Å²) >= 11 is 0. The van der Waals surface area contributed by atoms with E-state index in [0.29, 0.717) is 12.5 Å². The highest BCUT2D eigenvalue weighted by molar-refractivity contribution is 5.79. The minimum atomic E-state index is 0.215. The minimum Gasteiger partial charge on any atom is -0.352 e. The highest BCUT2D eigenvalue weighted by atomic mass is 16.1. The Bertz CT molecular complexity index is 652. The molecule has 3 atom stereocenters. The summed E-state index contributed by atoms with van der Waals surface area (Å²) in [6.45, 7) is 0.539. The Kier molecular flexibility index (Phi) is 3.36. The number of amides is 1. The van der Waals surface area contributed by atoms with Gasteiger partial charge in [-0.05, 0) is 42.7 Å². The molecule has 22 heavy (non-hydrogen) atoms. The second-order valence-corrected chi connectivity index (χ2v) is 6.36. The SMILES string of the molecule is O=C(NCc1ccc(-n2cncn2)nc1)[C@H]1C[C@H]2CC[C@H]1C2. The molecule has 6 nitrogen and oxygen atoms in total. The van der Waals surface area contributed by atoms with E-state index in [1.807, 2.05) is 12.1 Å². The van der Waals surface area contributed by atoms with Gasteiger partial charge in [-0.15, -0.1) is 0 Å². The number of hydrogen-bond acceptors (Lipinski definition) is 4. The van der Waals surface area contributed by atoms with E-state index in [9.17, 15) is 4.79 Å². The minimum absolute atomic E-state index is 0.215. The Balaban J connectivity index is 1.35. The lowest BCUT2D eigenvalue weighted by molar-refractivity contribution is -0.126. The Morgan fingerprint density at radius 2 is 2.27 bits per heavy atom. The first kappa shape index (κ1) is 13.4. The Morgan fingerprint density at radius 3 is 2.91 bits per heavy atom. The number of pyridine rings is 1. The van der Waals surface area contributed by atoms with Gasteiger partial charge in [0.2, 0.25) is 5.91 Å². The third-order valence-corrected chi connectivity index (χ3v) is 5.00. The number of nitrogens with zero attached hydrogens (tertiary/aromatic N) is 4. The molecule has 1 N–H and O–H groups in total. The fraction of sp³-hybridized carbons (Fsp3) is 0.500. The molecule has 2 heterocycles. The van der Waals surface area contributed by atoms with Crippen LogP contribution in [0.25, 0.3) is 5.82 Å². The zero-order chi connectivity index (χ0) is 14.9. The van der Waals surface area contributed by atoms with Gasteiger partial charge in [0.05, 0.1) is 0 Å². The monoisotopic (exact) mass is 297 g/mol. The first-order valence-electron chi connectivity index (χ1n) is 7.87. The van der Waals surface area contributed by atoms with E-state index >= 15 is 0 Å². The molecule has 2 aromatic heterocycles. The van der Waals surface area contributed by atoms with Gasteiger partial charge in [0.25, 0.3) is 0 Å². The van der Waals surface area contributed by atoms with Gasteiger partial charge in [0.1, 0.15) is 12.7 Å². The molecule has 6 heteroatoms. The molecule has 2 aliphatic rings. The Morgan fingerprint density at radius 1 is 1.32 bits per heavy atom. The maximum Gasteiger partial charge on any atom is 0.223 e. The number of nitrogens with one attached hydrogen (secondary N) is 1. The van der Waals surface area contributed by atoms with Crippen LogP contribution in [0.15, 0.2) is 31.0 Å². The normalized spacial score (nSPS) is 26.3. The average molecular weight is 297 g/mol. The molecule has 0 aliphatic heterocycles. The van der Waals surface area contributed by atoms with Crippen molar-refractivity contribution in [1.29, 1.82) is 0 Å². The van der Waals surface area contributed by atoms with Gasteiger partial charge in [0.15, 0.2) is 5.82 Å². The molecule has 0 saturated heterocycles. The third-order valence-electron chi connectivity index (χ3n) is 5.00. The Labute approximate surface area is 129 Å². The molecule has 2 aliphatic carbocycles. The van der Waals surface area contributed by atoms with Crippen LogP contribution >= 0.6 is 0 Å². The van der Waals surface area contributed by atoms with Crippen LogP contribution in [0.4, 0.5) is 0 Å². The van der Waals surface area contributed by atoms with Crippen LogP contribution in [0, 0.1) is 17.8 Å². The fourth-order valence-electron chi connectivity index (χ4n) is 3.87. The molecule has 0 spiro atoms. The van der Waals surface area contributed by atoms with Gasteiger partial charge in [-0.2, -0.15) is 5.10 Å². The van der Waals surface area contributed by atoms with Crippen LogP contribution in [0.2, 0.25) is 0 Å². The van der Waals surface area contributed by atoms with Gasteiger partial charge in [0, 0.05) is 18.7 Å². The molecule has 0 aromatic carbocycles. The van der Waals surface area contributed by atoms with Crippen molar-refractivity contribution in [3.8, 4) is 5.82 Å². The predicted octanol–water partition coefficient (Wildman–Crippen LogP) is 1.71. The van der Waals surface area contributed by atoms with E-state index in [1.54, 1.807) is 17.2 Å². The molecule has 2 fully saturated rings. The van der Waals surface area contributed by atoms with Crippen molar-refractivity contribution in [1.82, 2.24) is 25.1 Å². The molecule has 114 valence electrons. The van der Waals surface area contributed by atoms with E-state index < -0.39 is 0 Å². The molecule has 4 rings (SSSR count). The van der Waals surface area contributed by atoms with Crippen LogP contribution in [-0.2, 0) is 11.3 Å². The quantitative estimate of drug-likeness (QED) is 0.932. The number of carbonyl (C=O) groups excluding carboxylic acids is 1. The molecule has 1 amide bonds. The van der Waals surface area contributed by atoms with Gasteiger partial charge in [-0.25, -0.2) is 14.6 Å². The predicted molar refractivity (Wildman–Crippen MR) is 79.9 cm³/mol. The van der Waals surface area contributed by atoms with Gasteiger partial charge in [-0.1, -0.05) is 12.5 Å². The smallest absolute Gasteiger partial charge is 0.223 e. The summed E-state index contributed by atoms with van der Waals surface area (Å²) < 4.78 is 1.61. The van der Waals surface area contributed by atoms with Crippen LogP contribution in [0.1, 0.15) is 31.2 Å². The summed E-state index contributed by atoms with van der Waals surface area (Å²) in [4.78, 5) is 20.6. The van der Waals surface area contributed by atoms with Crippen molar-refractivity contribution in [2.45, 2.75) is 32.2 Å². The van der Waals surface area contributed by atoms with Gasteiger partial charge in [-0.3, -0.25) is 4.79 Å². The maximum atomic E-state index is 12.3. The second kappa shape index (κ2) is 5.51. The molecular formula is C16H19N5O. The summed E-state index contributed by atoms with van der Waals surface area (Å²) in [7, 11) is 0. The summed E-state index contributed by atoms with van der Waals surface area (Å²) in [5.41, 5.74) is 1.00.